The Hall–Kier alpha value is -3.64. The van der Waals surface area contributed by atoms with Gasteiger partial charge in [0, 0.05) is 0 Å². The quantitative estimate of drug-likeness (QED) is 0.103. The summed E-state index contributed by atoms with van der Waals surface area (Å²) in [5, 5.41) is 0. The summed E-state index contributed by atoms with van der Waals surface area (Å²) in [4.78, 5) is 28.4. The number of carbonyl (C=O) groups is 2. The molecule has 1 aliphatic rings. The molecule has 1 aliphatic heterocycles. The molecule has 0 saturated carbocycles. The number of aryl methyl sites for hydroxylation is 2. The van der Waals surface area contributed by atoms with Crippen molar-refractivity contribution in [2.45, 2.75) is 68.2 Å². The Morgan fingerprint density at radius 1 is 0.659 bits per heavy atom. The maximum atomic E-state index is 14.4. The Kier molecular flexibility index (Phi) is 8.82. The Morgan fingerprint density at radius 3 is 1.80 bits per heavy atom. The fourth-order valence-corrected chi connectivity index (χ4v) is 23.0. The van der Waals surface area contributed by atoms with Crippen LogP contribution in [0.1, 0.15) is 106 Å². The number of fused-ring (bicyclic) bond motifs is 2. The van der Waals surface area contributed by atoms with Gasteiger partial charge < -0.3 is 0 Å². The van der Waals surface area contributed by atoms with Crippen molar-refractivity contribution in [1.82, 2.24) is 5.58 Å². The van der Waals surface area contributed by atoms with Gasteiger partial charge >= 0.3 is 268 Å². The van der Waals surface area contributed by atoms with Crippen LogP contribution < -0.4 is 0 Å². The molecule has 0 radical (unpaired) electrons. The zero-order valence-electron chi connectivity index (χ0n) is 26.3. The van der Waals surface area contributed by atoms with Crippen molar-refractivity contribution in [3.63, 3.8) is 0 Å². The molecule has 0 N–H and O–H groups in total. The number of nitrogens with zero attached hydrogens (tertiary/aromatic N) is 2. The molecular formula is C39H42N2O2Sn. The van der Waals surface area contributed by atoms with Gasteiger partial charge in [0.25, 0.3) is 0 Å². The zero-order valence-corrected chi connectivity index (χ0v) is 29.2. The van der Waals surface area contributed by atoms with E-state index in [2.05, 4.69) is 81.1 Å². The van der Waals surface area contributed by atoms with Gasteiger partial charge in [0.05, 0.1) is 0 Å². The van der Waals surface area contributed by atoms with Crippen LogP contribution in [0.4, 0.5) is 0 Å². The fraction of sp³-hybridized carbons (Fsp3) is 0.282. The van der Waals surface area contributed by atoms with Crippen molar-refractivity contribution in [3.8, 4) is 0 Å². The summed E-state index contributed by atoms with van der Waals surface area (Å²) in [6, 6.07) is 32.9. The van der Waals surface area contributed by atoms with Gasteiger partial charge in [-0.2, -0.15) is 0 Å². The average molecular weight is 689 g/mol. The van der Waals surface area contributed by atoms with E-state index >= 15 is 0 Å². The first kappa shape index (κ1) is 30.4. The van der Waals surface area contributed by atoms with Gasteiger partial charge in [0.1, 0.15) is 0 Å². The van der Waals surface area contributed by atoms with E-state index in [4.69, 9.17) is 0 Å². The van der Waals surface area contributed by atoms with Gasteiger partial charge in [0.15, 0.2) is 0 Å². The fourth-order valence-electron chi connectivity index (χ4n) is 6.99. The standard InChI is InChI=1S/C31H26N2O2.2C4H9.Sn/c1-20-8-12-23(13-9-20)30(34)25-18-28(32-19-25)29(22-6-4-3-5-7-22)26-16-17-27(33-26)31(35)24-14-10-21(2)11-15-24;2*1-3-4-2;/h3-19,29H,1-2H3,(H2,32,33,34,35);2*1,3-4H2,2H3;/q;;;+2/p-2. The minimum atomic E-state index is -3.69. The molecule has 5 heteroatoms. The third-order valence-corrected chi connectivity index (χ3v) is 23.4. The summed E-state index contributed by atoms with van der Waals surface area (Å²) in [5.41, 5.74) is 8.87. The van der Waals surface area contributed by atoms with Crippen molar-refractivity contribution in [2.75, 3.05) is 0 Å². The van der Waals surface area contributed by atoms with Crippen LogP contribution in [-0.4, -0.2) is 36.1 Å². The van der Waals surface area contributed by atoms with E-state index in [1.807, 2.05) is 55.5 Å². The number of ketones is 2. The van der Waals surface area contributed by atoms with E-state index in [1.165, 1.54) is 17.0 Å². The van der Waals surface area contributed by atoms with Gasteiger partial charge in [0.2, 0.25) is 0 Å². The second kappa shape index (κ2) is 12.8. The van der Waals surface area contributed by atoms with Crippen molar-refractivity contribution < 1.29 is 9.59 Å². The third-order valence-electron chi connectivity index (χ3n) is 9.33. The molecular weight excluding hydrogens is 647 g/mol. The van der Waals surface area contributed by atoms with E-state index in [9.17, 15) is 9.59 Å². The van der Waals surface area contributed by atoms with Gasteiger partial charge in [-0.15, -0.1) is 0 Å². The Balaban J connectivity index is 1.62. The molecule has 5 aromatic rings. The van der Waals surface area contributed by atoms with E-state index < -0.39 is 18.9 Å². The first-order chi connectivity index (χ1) is 21.4. The van der Waals surface area contributed by atoms with Crippen LogP contribution >= 0.6 is 0 Å². The van der Waals surface area contributed by atoms with Crippen molar-refractivity contribution in [1.29, 1.82) is 0 Å². The molecule has 3 heterocycles. The summed E-state index contributed by atoms with van der Waals surface area (Å²) in [6.07, 6.45) is 6.57. The van der Waals surface area contributed by atoms with Crippen LogP contribution in [0.25, 0.3) is 0 Å². The monoisotopic (exact) mass is 690 g/mol. The van der Waals surface area contributed by atoms with Gasteiger partial charge in [-0.3, -0.25) is 0 Å². The normalized spacial score (nSPS) is 15.0. The third kappa shape index (κ3) is 5.42. The molecule has 0 spiro atoms. The molecule has 0 amide bonds. The average Bonchev–Trinajstić information content (AvgIpc) is 3.69. The number of hydrogen-bond acceptors (Lipinski definition) is 2. The molecule has 0 bridgehead atoms. The van der Waals surface area contributed by atoms with Crippen LogP contribution in [0.5, 0.6) is 0 Å². The topological polar surface area (TPSA) is 44.0 Å². The minimum absolute atomic E-state index is 0.0607. The Labute approximate surface area is 266 Å². The Bertz CT molecular complexity index is 1770. The second-order valence-corrected chi connectivity index (χ2v) is 23.5. The van der Waals surface area contributed by atoms with E-state index in [-0.39, 0.29) is 17.5 Å². The molecule has 4 nitrogen and oxygen atoms in total. The molecule has 6 rings (SSSR count). The number of rotatable bonds is 11. The molecule has 44 heavy (non-hydrogen) atoms. The van der Waals surface area contributed by atoms with Gasteiger partial charge in [-0.1, -0.05) is 0 Å². The van der Waals surface area contributed by atoms with Crippen LogP contribution in [0.3, 0.4) is 0 Å². The molecule has 0 aliphatic carbocycles. The summed E-state index contributed by atoms with van der Waals surface area (Å²) in [7, 11) is 0. The first-order valence-electron chi connectivity index (χ1n) is 16.1. The molecule has 1 unspecified atom stereocenters. The molecule has 224 valence electrons. The van der Waals surface area contributed by atoms with Crippen molar-refractivity contribution in [2.24, 2.45) is 0 Å². The molecule has 0 fully saturated rings. The number of hydrogen-bond donors (Lipinski definition) is 0. The van der Waals surface area contributed by atoms with Crippen molar-refractivity contribution >= 4 is 30.5 Å². The molecule has 1 atom stereocenters. The molecule has 3 aromatic carbocycles. The first-order valence-corrected chi connectivity index (χ1v) is 22.7. The predicted molar refractivity (Wildman–Crippen MR) is 181 cm³/mol. The number of unbranched alkanes of at least 4 members (excludes halogenated alkanes) is 2. The van der Waals surface area contributed by atoms with Crippen LogP contribution in [0.2, 0.25) is 8.87 Å². The molecule has 2 aromatic heterocycles. The van der Waals surface area contributed by atoms with E-state index in [0.717, 1.165) is 62.5 Å². The zero-order chi connectivity index (χ0) is 30.8. The van der Waals surface area contributed by atoms with Crippen LogP contribution in [0, 0.1) is 13.8 Å². The van der Waals surface area contributed by atoms with Gasteiger partial charge in [-0.25, -0.2) is 0 Å². The number of aromatic nitrogens is 2. The van der Waals surface area contributed by atoms with Crippen molar-refractivity contribution in [3.05, 3.63) is 154 Å². The maximum absolute atomic E-state index is 14.4. The summed E-state index contributed by atoms with van der Waals surface area (Å²) in [6.45, 7) is 8.61. The van der Waals surface area contributed by atoms with Crippen LogP contribution in [-0.2, 0) is 0 Å². The Morgan fingerprint density at radius 2 is 1.23 bits per heavy atom. The SMILES string of the molecule is CCC[CH2][Sn]1([CH2]CCC)[n]2cc(C(=O)c3ccc(C)cc3)cc2C(c2ccccc2)c2ccc(C(=O)c3ccc(C)cc3)[n]21. The molecule has 0 saturated heterocycles. The number of carbonyl (C=O) groups excluding carboxylic acids is 2. The summed E-state index contributed by atoms with van der Waals surface area (Å²) < 4.78 is 7.34. The summed E-state index contributed by atoms with van der Waals surface area (Å²) >= 11 is -3.69. The van der Waals surface area contributed by atoms with Gasteiger partial charge in [-0.05, 0) is 0 Å². The second-order valence-electron chi connectivity index (χ2n) is 12.4. The summed E-state index contributed by atoms with van der Waals surface area (Å²) in [5.74, 6) is 0.0811. The van der Waals surface area contributed by atoms with E-state index in [0.29, 0.717) is 5.56 Å². The van der Waals surface area contributed by atoms with Crippen LogP contribution in [0.15, 0.2) is 103 Å². The predicted octanol–water partition coefficient (Wildman–Crippen LogP) is 9.30. The number of benzene rings is 3. The van der Waals surface area contributed by atoms with E-state index in [1.54, 1.807) is 0 Å².